The predicted octanol–water partition coefficient (Wildman–Crippen LogP) is 2.46. The fraction of sp³-hybridized carbons (Fsp3) is 0.519. The van der Waals surface area contributed by atoms with Crippen molar-refractivity contribution in [2.24, 2.45) is 5.92 Å². The second-order valence-corrected chi connectivity index (χ2v) is 9.50. The topological polar surface area (TPSA) is 84.1 Å². The number of nitrogens with one attached hydrogen (secondary N) is 3. The molecule has 35 heavy (non-hydrogen) atoms. The van der Waals surface area contributed by atoms with Crippen molar-refractivity contribution in [3.8, 4) is 0 Å². The number of carbonyl (C=O) groups is 1. The highest BCUT2D eigenvalue weighted by Gasteiger charge is 2.41. The average molecular weight is 481 g/mol. The Morgan fingerprint density at radius 1 is 1.03 bits per heavy atom. The van der Waals surface area contributed by atoms with Crippen molar-refractivity contribution in [3.05, 3.63) is 65.7 Å². The minimum Gasteiger partial charge on any atom is -0.378 e. The molecule has 3 N–H and O–H groups in total. The molecule has 3 aliphatic rings. The number of nitrogens with zero attached hydrogens (tertiary/aromatic N) is 1. The summed E-state index contributed by atoms with van der Waals surface area (Å²) in [4.78, 5) is 15.3. The zero-order chi connectivity index (χ0) is 23.9. The van der Waals surface area contributed by atoms with Gasteiger partial charge in [0.1, 0.15) is 0 Å². The monoisotopic (exact) mass is 480 g/mol. The lowest BCUT2D eigenvalue weighted by molar-refractivity contribution is -0.0239. The van der Waals surface area contributed by atoms with E-state index < -0.39 is 0 Å². The minimum atomic E-state index is -0.0882. The maximum absolute atomic E-state index is 13.0. The van der Waals surface area contributed by atoms with Crippen molar-refractivity contribution in [2.75, 3.05) is 44.4 Å². The highest BCUT2D eigenvalue weighted by atomic mass is 16.5. The summed E-state index contributed by atoms with van der Waals surface area (Å²) >= 11 is 0. The summed E-state index contributed by atoms with van der Waals surface area (Å²) in [5, 5.41) is 3.20. The van der Waals surface area contributed by atoms with Crippen LogP contribution >= 0.6 is 0 Å². The van der Waals surface area contributed by atoms with E-state index in [1.54, 1.807) is 0 Å². The number of hydrogen-bond acceptors (Lipinski definition) is 7. The van der Waals surface area contributed by atoms with Gasteiger partial charge in [-0.3, -0.25) is 10.2 Å². The fourth-order valence-electron chi connectivity index (χ4n) is 5.25. The Hall–Kier alpha value is -2.49. The molecule has 0 aromatic heterocycles. The first-order valence-electron chi connectivity index (χ1n) is 12.7. The van der Waals surface area contributed by atoms with Gasteiger partial charge < -0.3 is 24.4 Å². The normalized spacial score (nSPS) is 26.3. The number of hydrogen-bond donors (Lipinski definition) is 3. The van der Waals surface area contributed by atoms with E-state index in [2.05, 4.69) is 39.3 Å². The molecule has 2 aliphatic heterocycles. The fourth-order valence-corrected chi connectivity index (χ4v) is 5.25. The van der Waals surface area contributed by atoms with E-state index in [4.69, 9.17) is 14.2 Å². The summed E-state index contributed by atoms with van der Waals surface area (Å²) in [5.41, 5.74) is 9.62. The molecule has 4 unspecified atom stereocenters. The molecular weight excluding hydrogens is 444 g/mol. The van der Waals surface area contributed by atoms with Crippen molar-refractivity contribution in [1.29, 1.82) is 0 Å². The van der Waals surface area contributed by atoms with Gasteiger partial charge in [0.15, 0.2) is 0 Å². The maximum atomic E-state index is 13.0. The van der Waals surface area contributed by atoms with Gasteiger partial charge in [-0.2, -0.15) is 0 Å². The zero-order valence-electron chi connectivity index (χ0n) is 20.2. The minimum absolute atomic E-state index is 0.0472. The molecule has 3 fully saturated rings. The zero-order valence-corrected chi connectivity index (χ0v) is 20.2. The van der Waals surface area contributed by atoms with Crippen LogP contribution in [0.3, 0.4) is 0 Å². The molecule has 2 aromatic rings. The van der Waals surface area contributed by atoms with Crippen molar-refractivity contribution >= 4 is 11.6 Å². The van der Waals surface area contributed by atoms with Gasteiger partial charge in [0.2, 0.25) is 0 Å². The van der Waals surface area contributed by atoms with Crippen molar-refractivity contribution in [1.82, 2.24) is 16.2 Å². The molecule has 2 aromatic carbocycles. The number of carbonyl (C=O) groups excluding carboxylic acids is 1. The van der Waals surface area contributed by atoms with E-state index in [0.29, 0.717) is 31.3 Å². The van der Waals surface area contributed by atoms with Crippen LogP contribution in [0, 0.1) is 5.92 Å². The first-order chi connectivity index (χ1) is 17.3. The molecule has 2 heterocycles. The van der Waals surface area contributed by atoms with Crippen LogP contribution in [0.2, 0.25) is 0 Å². The van der Waals surface area contributed by atoms with Gasteiger partial charge in [0.25, 0.3) is 5.91 Å². The molecule has 1 saturated carbocycles. The van der Waals surface area contributed by atoms with Crippen LogP contribution < -0.4 is 21.1 Å². The smallest absolute Gasteiger partial charge is 0.252 e. The average Bonchev–Trinajstić information content (AvgIpc) is 3.31. The third kappa shape index (κ3) is 6.39. The van der Waals surface area contributed by atoms with E-state index in [-0.39, 0.29) is 24.2 Å². The summed E-state index contributed by atoms with van der Waals surface area (Å²) < 4.78 is 17.3. The number of benzene rings is 2. The Balaban J connectivity index is 1.05. The Kier molecular flexibility index (Phi) is 8.28. The van der Waals surface area contributed by atoms with Gasteiger partial charge in [-0.05, 0) is 43.0 Å². The van der Waals surface area contributed by atoms with Gasteiger partial charge in [-0.15, -0.1) is 0 Å². The van der Waals surface area contributed by atoms with Crippen LogP contribution in [0.15, 0.2) is 54.6 Å². The Morgan fingerprint density at radius 3 is 2.74 bits per heavy atom. The van der Waals surface area contributed by atoms with Crippen molar-refractivity contribution in [2.45, 2.75) is 44.2 Å². The van der Waals surface area contributed by atoms with Crippen LogP contribution in [0.5, 0.6) is 0 Å². The second-order valence-electron chi connectivity index (χ2n) is 9.50. The number of anilines is 1. The highest BCUT2D eigenvalue weighted by Crippen LogP contribution is 2.31. The summed E-state index contributed by atoms with van der Waals surface area (Å²) in [6.45, 7) is 4.96. The summed E-state index contributed by atoms with van der Waals surface area (Å²) in [5.74, 6) is 0.296. The van der Waals surface area contributed by atoms with Crippen LogP contribution in [-0.4, -0.2) is 63.7 Å². The lowest BCUT2D eigenvalue weighted by Gasteiger charge is -2.33. The van der Waals surface area contributed by atoms with Gasteiger partial charge >= 0.3 is 0 Å². The van der Waals surface area contributed by atoms with E-state index in [1.165, 1.54) is 5.56 Å². The molecule has 8 heteroatoms. The molecule has 0 spiro atoms. The van der Waals surface area contributed by atoms with E-state index >= 15 is 0 Å². The first kappa shape index (κ1) is 24.2. The standard InChI is InChI=1S/C27H36N4O4/c32-27(21-7-4-8-22(17-21)31-11-13-33-14-12-31)28-26-24-10-9-23(18-25(24)29-30-26)35-16-15-34-19-20-5-2-1-3-6-20/h1-8,17,23-26,29-30H,9-16,18-19H2,(H,28,32). The number of rotatable bonds is 9. The number of fused-ring (bicyclic) bond motifs is 1. The lowest BCUT2D eigenvalue weighted by atomic mass is 9.82. The van der Waals surface area contributed by atoms with E-state index in [0.717, 1.165) is 51.3 Å². The molecule has 0 radical (unpaired) electrons. The van der Waals surface area contributed by atoms with Crippen molar-refractivity contribution < 1.29 is 19.0 Å². The lowest BCUT2D eigenvalue weighted by Crippen LogP contribution is -2.47. The first-order valence-corrected chi connectivity index (χ1v) is 12.7. The number of amides is 1. The van der Waals surface area contributed by atoms with Gasteiger partial charge in [-0.1, -0.05) is 36.4 Å². The number of morpholine rings is 1. The van der Waals surface area contributed by atoms with Crippen molar-refractivity contribution in [3.63, 3.8) is 0 Å². The third-order valence-corrected chi connectivity index (χ3v) is 7.17. The Bertz CT molecular complexity index is 953. The summed E-state index contributed by atoms with van der Waals surface area (Å²) in [6.07, 6.45) is 3.04. The molecule has 8 nitrogen and oxygen atoms in total. The van der Waals surface area contributed by atoms with E-state index in [9.17, 15) is 4.79 Å². The molecule has 188 valence electrons. The third-order valence-electron chi connectivity index (χ3n) is 7.17. The second kappa shape index (κ2) is 12.0. The van der Waals surface area contributed by atoms with Crippen LogP contribution in [-0.2, 0) is 20.8 Å². The van der Waals surface area contributed by atoms with Crippen LogP contribution in [0.25, 0.3) is 0 Å². The maximum Gasteiger partial charge on any atom is 0.252 e. The summed E-state index contributed by atoms with van der Waals surface area (Å²) in [6, 6.07) is 18.3. The van der Waals surface area contributed by atoms with Gasteiger partial charge in [0.05, 0.1) is 45.3 Å². The highest BCUT2D eigenvalue weighted by molar-refractivity contribution is 5.95. The van der Waals surface area contributed by atoms with Crippen LogP contribution in [0.1, 0.15) is 35.2 Å². The largest absolute Gasteiger partial charge is 0.378 e. The predicted molar refractivity (Wildman–Crippen MR) is 134 cm³/mol. The molecule has 1 aliphatic carbocycles. The SMILES string of the molecule is O=C(NC1NNC2CC(OCCOCc3ccccc3)CCC21)c1cccc(N2CCOCC2)c1. The Morgan fingerprint density at radius 2 is 1.89 bits per heavy atom. The van der Waals surface area contributed by atoms with Gasteiger partial charge in [-0.25, -0.2) is 5.43 Å². The number of ether oxygens (including phenoxy) is 3. The van der Waals surface area contributed by atoms with Gasteiger partial charge in [0, 0.05) is 36.3 Å². The summed E-state index contributed by atoms with van der Waals surface area (Å²) in [7, 11) is 0. The van der Waals surface area contributed by atoms with Crippen LogP contribution in [0.4, 0.5) is 5.69 Å². The van der Waals surface area contributed by atoms with E-state index in [1.807, 2.05) is 36.4 Å². The molecular formula is C27H36N4O4. The Labute approximate surface area is 207 Å². The molecule has 5 rings (SSSR count). The molecule has 1 amide bonds. The molecule has 4 atom stereocenters. The molecule has 0 bridgehead atoms. The number of hydrazine groups is 1. The quantitative estimate of drug-likeness (QED) is 0.476. The molecule has 2 saturated heterocycles.